The maximum Gasteiger partial charge on any atom is 0.105 e. The van der Waals surface area contributed by atoms with Gasteiger partial charge in [-0.05, 0) is 36.3 Å². The number of hydrogen-bond donors (Lipinski definition) is 2. The summed E-state index contributed by atoms with van der Waals surface area (Å²) in [7, 11) is 0. The maximum atomic E-state index is 9.80. The number of nitrogens with zero attached hydrogens (tertiary/aromatic N) is 1. The number of thiocarbonyl (C=S) groups is 1. The number of hydrogen-bond acceptors (Lipinski definition) is 4. The van der Waals surface area contributed by atoms with Gasteiger partial charge in [-0.1, -0.05) is 28.1 Å². The second-order valence-electron chi connectivity index (χ2n) is 3.28. The average Bonchev–Trinajstić information content (AvgIpc) is 2.30. The minimum absolute atomic E-state index is 0.501. The van der Waals surface area contributed by atoms with E-state index in [2.05, 4.69) is 38.3 Å². The first-order valence-corrected chi connectivity index (χ1v) is 6.32. The lowest BCUT2D eigenvalue weighted by atomic mass is 10.0. The molecule has 1 rings (SSSR count). The molecular weight excluding hydrogens is 290 g/mol. The molecule has 16 heavy (non-hydrogen) atoms. The highest BCUT2D eigenvalue weighted by molar-refractivity contribution is 9.09. The molecule has 3 nitrogen and oxygen atoms in total. The van der Waals surface area contributed by atoms with E-state index in [4.69, 9.17) is 0 Å². The van der Waals surface area contributed by atoms with E-state index in [1.807, 2.05) is 0 Å². The molecule has 0 aliphatic rings. The predicted molar refractivity (Wildman–Crippen MR) is 70.5 cm³/mol. The fourth-order valence-corrected chi connectivity index (χ4v) is 1.87. The number of benzene rings is 1. The van der Waals surface area contributed by atoms with E-state index in [0.717, 1.165) is 0 Å². The van der Waals surface area contributed by atoms with Crippen molar-refractivity contribution in [2.24, 2.45) is 4.99 Å². The van der Waals surface area contributed by atoms with Crippen LogP contribution < -0.4 is 0 Å². The Bertz CT molecular complexity index is 376. The Labute approximate surface area is 108 Å². The average molecular weight is 302 g/mol. The van der Waals surface area contributed by atoms with Crippen LogP contribution in [0.25, 0.3) is 0 Å². The molecule has 2 unspecified atom stereocenters. The Balaban J connectivity index is 2.76. The van der Waals surface area contributed by atoms with Crippen molar-refractivity contribution in [2.45, 2.75) is 18.6 Å². The summed E-state index contributed by atoms with van der Waals surface area (Å²) >= 11 is 7.70. The van der Waals surface area contributed by atoms with Gasteiger partial charge in [0.05, 0.1) is 17.0 Å². The van der Waals surface area contributed by atoms with Crippen LogP contribution in [-0.2, 0) is 0 Å². The minimum atomic E-state index is -0.872. The Hall–Kier alpha value is -0.580. The third-order valence-corrected chi connectivity index (χ3v) is 2.73. The lowest BCUT2D eigenvalue weighted by Crippen LogP contribution is -2.18. The Morgan fingerprint density at radius 1 is 1.31 bits per heavy atom. The normalized spacial score (nSPS) is 13.9. The largest absolute Gasteiger partial charge is 0.390 e. The first kappa shape index (κ1) is 13.5. The highest BCUT2D eigenvalue weighted by Gasteiger charge is 2.17. The summed E-state index contributed by atoms with van der Waals surface area (Å²) < 4.78 is 0. The zero-order valence-electron chi connectivity index (χ0n) is 8.51. The molecule has 0 aliphatic carbocycles. The molecule has 0 amide bonds. The predicted octanol–water partition coefficient (Wildman–Crippen LogP) is 2.60. The van der Waals surface area contributed by atoms with Crippen molar-refractivity contribution in [1.82, 2.24) is 0 Å². The van der Waals surface area contributed by atoms with Crippen molar-refractivity contribution in [3.63, 3.8) is 0 Å². The third-order valence-electron chi connectivity index (χ3n) is 2.18. The van der Waals surface area contributed by atoms with Gasteiger partial charge in [-0.25, -0.2) is 0 Å². The summed E-state index contributed by atoms with van der Waals surface area (Å²) in [6, 6.07) is 6.87. The number of rotatable bonds is 5. The van der Waals surface area contributed by atoms with E-state index in [0.29, 0.717) is 23.0 Å². The standard InChI is InChI=1S/C11H12BrNO2S/c12-6-5-10(14)11(15)8-1-3-9(4-2-8)13-7-16/h1-4,10-11,14-15H,5-6H2. The molecule has 2 atom stereocenters. The van der Waals surface area contributed by atoms with Crippen LogP contribution in [0.2, 0.25) is 0 Å². The number of aliphatic hydroxyl groups excluding tert-OH is 2. The van der Waals surface area contributed by atoms with Gasteiger partial charge in [0.15, 0.2) is 0 Å². The summed E-state index contributed by atoms with van der Waals surface area (Å²) in [5, 5.41) is 22.3. The van der Waals surface area contributed by atoms with Crippen molar-refractivity contribution in [3.05, 3.63) is 29.8 Å². The molecule has 5 heteroatoms. The molecule has 1 aromatic carbocycles. The first-order chi connectivity index (χ1) is 7.69. The van der Waals surface area contributed by atoms with E-state index in [-0.39, 0.29) is 0 Å². The van der Waals surface area contributed by atoms with Crippen molar-refractivity contribution in [3.8, 4) is 0 Å². The summed E-state index contributed by atoms with van der Waals surface area (Å²) in [5.74, 6) is 0. The van der Waals surface area contributed by atoms with Gasteiger partial charge < -0.3 is 10.2 Å². The molecule has 0 saturated carbocycles. The van der Waals surface area contributed by atoms with Crippen LogP contribution in [-0.4, -0.2) is 26.8 Å². The van der Waals surface area contributed by atoms with Crippen LogP contribution in [0.5, 0.6) is 0 Å². The van der Waals surface area contributed by atoms with Crippen molar-refractivity contribution < 1.29 is 10.2 Å². The smallest absolute Gasteiger partial charge is 0.105 e. The Kier molecular flexibility index (Phi) is 5.80. The quantitative estimate of drug-likeness (QED) is 0.499. The second kappa shape index (κ2) is 6.89. The van der Waals surface area contributed by atoms with Crippen LogP contribution in [0.15, 0.2) is 29.3 Å². The van der Waals surface area contributed by atoms with E-state index in [1.54, 1.807) is 24.3 Å². The fourth-order valence-electron chi connectivity index (χ4n) is 1.29. The van der Waals surface area contributed by atoms with E-state index in [1.165, 1.54) is 0 Å². The summed E-state index contributed by atoms with van der Waals surface area (Å²) in [6.45, 7) is 0. The number of halogens is 1. The maximum absolute atomic E-state index is 9.80. The number of aliphatic imine (C=N–C) groups is 1. The number of isothiocyanates is 1. The molecule has 0 bridgehead atoms. The van der Waals surface area contributed by atoms with Gasteiger partial charge in [0.1, 0.15) is 6.10 Å². The summed E-state index contributed by atoms with van der Waals surface area (Å²) in [5.41, 5.74) is 1.35. The SMILES string of the molecule is OC(CCBr)C(O)c1ccc(N=C=S)cc1. The van der Waals surface area contributed by atoms with Crippen LogP contribution in [0.4, 0.5) is 5.69 Å². The number of alkyl halides is 1. The molecule has 86 valence electrons. The van der Waals surface area contributed by atoms with E-state index < -0.39 is 12.2 Å². The third kappa shape index (κ3) is 3.77. The molecule has 0 heterocycles. The Morgan fingerprint density at radius 2 is 1.94 bits per heavy atom. The zero-order valence-corrected chi connectivity index (χ0v) is 10.9. The molecule has 0 fully saturated rings. The van der Waals surface area contributed by atoms with Crippen LogP contribution >= 0.6 is 28.1 Å². The minimum Gasteiger partial charge on any atom is -0.390 e. The molecule has 0 aliphatic heterocycles. The molecule has 0 aromatic heterocycles. The highest BCUT2D eigenvalue weighted by atomic mass is 79.9. The monoisotopic (exact) mass is 301 g/mol. The van der Waals surface area contributed by atoms with Gasteiger partial charge >= 0.3 is 0 Å². The lowest BCUT2D eigenvalue weighted by Gasteiger charge is -2.17. The van der Waals surface area contributed by atoms with Gasteiger partial charge in [0, 0.05) is 5.33 Å². The summed E-state index contributed by atoms with van der Waals surface area (Å²) in [4.78, 5) is 3.80. The molecule has 1 aromatic rings. The molecule has 0 radical (unpaired) electrons. The van der Waals surface area contributed by atoms with Crippen LogP contribution in [0.1, 0.15) is 18.1 Å². The van der Waals surface area contributed by atoms with Gasteiger partial charge in [-0.2, -0.15) is 4.99 Å². The summed E-state index contributed by atoms with van der Waals surface area (Å²) in [6.07, 6.45) is -1.14. The molecule has 0 spiro atoms. The number of aliphatic hydroxyl groups is 2. The molecule has 2 N–H and O–H groups in total. The van der Waals surface area contributed by atoms with Gasteiger partial charge in [0.25, 0.3) is 0 Å². The highest BCUT2D eigenvalue weighted by Crippen LogP contribution is 2.22. The van der Waals surface area contributed by atoms with Gasteiger partial charge in [0.2, 0.25) is 0 Å². The lowest BCUT2D eigenvalue weighted by molar-refractivity contribution is 0.0174. The Morgan fingerprint density at radius 3 is 2.44 bits per heavy atom. The van der Waals surface area contributed by atoms with Gasteiger partial charge in [-0.15, -0.1) is 0 Å². The van der Waals surface area contributed by atoms with Crippen molar-refractivity contribution in [1.29, 1.82) is 0 Å². The fraction of sp³-hybridized carbons (Fsp3) is 0.364. The van der Waals surface area contributed by atoms with Crippen LogP contribution in [0, 0.1) is 0 Å². The molecule has 0 saturated heterocycles. The topological polar surface area (TPSA) is 52.8 Å². The van der Waals surface area contributed by atoms with E-state index >= 15 is 0 Å². The zero-order chi connectivity index (χ0) is 12.0. The molecular formula is C11H12BrNO2S. The van der Waals surface area contributed by atoms with Crippen molar-refractivity contribution in [2.75, 3.05) is 5.33 Å². The van der Waals surface area contributed by atoms with Crippen LogP contribution in [0.3, 0.4) is 0 Å². The van der Waals surface area contributed by atoms with Gasteiger partial charge in [-0.3, -0.25) is 0 Å². The van der Waals surface area contributed by atoms with E-state index in [9.17, 15) is 10.2 Å². The first-order valence-electron chi connectivity index (χ1n) is 4.79. The second-order valence-corrected chi connectivity index (χ2v) is 4.26. The van der Waals surface area contributed by atoms with Crippen molar-refractivity contribution >= 4 is 39.0 Å².